The summed E-state index contributed by atoms with van der Waals surface area (Å²) in [5.74, 6) is 1.72. The molecule has 0 aromatic carbocycles. The topological polar surface area (TPSA) is 75.9 Å². The average molecular weight is 286 g/mol. The van der Waals surface area contributed by atoms with Crippen LogP contribution in [0.5, 0.6) is 0 Å². The van der Waals surface area contributed by atoms with Crippen LogP contribution in [0, 0.1) is 0 Å². The Hall–Kier alpha value is -2.44. The van der Waals surface area contributed by atoms with Crippen molar-refractivity contribution >= 4 is 11.6 Å². The molecule has 0 bridgehead atoms. The van der Waals surface area contributed by atoms with E-state index < -0.39 is 0 Å². The van der Waals surface area contributed by atoms with E-state index in [1.165, 1.54) is 4.68 Å². The quantitative estimate of drug-likeness (QED) is 0.893. The Balaban J connectivity index is 1.60. The van der Waals surface area contributed by atoms with Crippen molar-refractivity contribution in [2.24, 2.45) is 7.05 Å². The third kappa shape index (κ3) is 3.18. The third-order valence-electron chi connectivity index (χ3n) is 3.70. The van der Waals surface area contributed by atoms with Gasteiger partial charge in [0, 0.05) is 38.4 Å². The van der Waals surface area contributed by atoms with E-state index in [0.29, 0.717) is 6.04 Å². The summed E-state index contributed by atoms with van der Waals surface area (Å²) in [5.41, 5.74) is -0.0842. The fourth-order valence-electron chi connectivity index (χ4n) is 2.50. The van der Waals surface area contributed by atoms with Gasteiger partial charge in [0.1, 0.15) is 18.0 Å². The number of nitrogens with one attached hydrogen (secondary N) is 1. The van der Waals surface area contributed by atoms with Crippen LogP contribution in [0.2, 0.25) is 0 Å². The molecule has 3 heterocycles. The van der Waals surface area contributed by atoms with Crippen LogP contribution >= 0.6 is 0 Å². The molecule has 21 heavy (non-hydrogen) atoms. The maximum atomic E-state index is 11.4. The molecule has 1 aliphatic heterocycles. The van der Waals surface area contributed by atoms with Crippen LogP contribution in [0.4, 0.5) is 11.6 Å². The van der Waals surface area contributed by atoms with Gasteiger partial charge in [-0.3, -0.25) is 4.79 Å². The molecule has 0 spiro atoms. The van der Waals surface area contributed by atoms with E-state index in [-0.39, 0.29) is 5.56 Å². The molecule has 7 heteroatoms. The first kappa shape index (κ1) is 13.5. The molecule has 0 aliphatic carbocycles. The smallest absolute Gasteiger partial charge is 0.266 e. The summed E-state index contributed by atoms with van der Waals surface area (Å²) in [6.45, 7) is 1.82. The van der Waals surface area contributed by atoms with Crippen molar-refractivity contribution in [1.82, 2.24) is 19.7 Å². The lowest BCUT2D eigenvalue weighted by Crippen LogP contribution is -2.40. The van der Waals surface area contributed by atoms with Gasteiger partial charge in [-0.2, -0.15) is 5.10 Å². The summed E-state index contributed by atoms with van der Waals surface area (Å²) in [7, 11) is 1.68. The molecule has 7 nitrogen and oxygen atoms in total. The first-order valence-electron chi connectivity index (χ1n) is 7.04. The summed E-state index contributed by atoms with van der Waals surface area (Å²) < 4.78 is 1.38. The zero-order chi connectivity index (χ0) is 14.7. The van der Waals surface area contributed by atoms with Gasteiger partial charge in [-0.05, 0) is 25.0 Å². The maximum absolute atomic E-state index is 11.4. The molecule has 0 atom stereocenters. The van der Waals surface area contributed by atoms with E-state index in [1.807, 2.05) is 6.07 Å². The number of nitrogens with zero attached hydrogens (tertiary/aromatic N) is 5. The van der Waals surface area contributed by atoms with Crippen molar-refractivity contribution < 1.29 is 0 Å². The largest absolute Gasteiger partial charge is 0.367 e. The minimum atomic E-state index is -0.0842. The first-order valence-corrected chi connectivity index (χ1v) is 7.04. The number of aromatic nitrogens is 4. The fourth-order valence-corrected chi connectivity index (χ4v) is 2.50. The monoisotopic (exact) mass is 286 g/mol. The van der Waals surface area contributed by atoms with Crippen LogP contribution in [0.1, 0.15) is 12.8 Å². The van der Waals surface area contributed by atoms with E-state index in [0.717, 1.165) is 37.6 Å². The highest BCUT2D eigenvalue weighted by atomic mass is 16.1. The zero-order valence-corrected chi connectivity index (χ0v) is 11.9. The summed E-state index contributed by atoms with van der Waals surface area (Å²) >= 11 is 0. The molecule has 0 saturated carbocycles. The maximum Gasteiger partial charge on any atom is 0.266 e. The molecule has 110 valence electrons. The lowest BCUT2D eigenvalue weighted by Gasteiger charge is -2.33. The Morgan fingerprint density at radius 1 is 1.24 bits per heavy atom. The standard InChI is InChI=1S/C14H18N6O/c1-19-14(21)3-2-13(18-19)20-8-5-11(6-9-20)17-12-4-7-15-10-16-12/h2-4,7,10-11H,5-6,8-9H2,1H3,(H,15,16,17). The molecule has 0 radical (unpaired) electrons. The second-order valence-corrected chi connectivity index (χ2v) is 5.15. The van der Waals surface area contributed by atoms with Gasteiger partial charge in [-0.25, -0.2) is 14.6 Å². The lowest BCUT2D eigenvalue weighted by atomic mass is 10.1. The van der Waals surface area contributed by atoms with Crippen LogP contribution in [-0.4, -0.2) is 38.9 Å². The fraction of sp³-hybridized carbons (Fsp3) is 0.429. The Kier molecular flexibility index (Phi) is 3.81. The summed E-state index contributed by atoms with van der Waals surface area (Å²) in [6.07, 6.45) is 5.30. The highest BCUT2D eigenvalue weighted by Crippen LogP contribution is 2.18. The van der Waals surface area contributed by atoms with Crippen molar-refractivity contribution in [3.8, 4) is 0 Å². The summed E-state index contributed by atoms with van der Waals surface area (Å²) in [6, 6.07) is 5.64. The second-order valence-electron chi connectivity index (χ2n) is 5.15. The number of hydrogen-bond donors (Lipinski definition) is 1. The van der Waals surface area contributed by atoms with Gasteiger partial charge in [0.05, 0.1) is 0 Å². The van der Waals surface area contributed by atoms with E-state index in [4.69, 9.17) is 0 Å². The molecule has 2 aromatic rings. The van der Waals surface area contributed by atoms with Crippen LogP contribution in [0.3, 0.4) is 0 Å². The van der Waals surface area contributed by atoms with Gasteiger partial charge in [0.15, 0.2) is 0 Å². The molecule has 1 aliphatic rings. The van der Waals surface area contributed by atoms with Gasteiger partial charge >= 0.3 is 0 Å². The first-order chi connectivity index (χ1) is 10.2. The van der Waals surface area contributed by atoms with Crippen molar-refractivity contribution in [2.45, 2.75) is 18.9 Å². The summed E-state index contributed by atoms with van der Waals surface area (Å²) in [5, 5.41) is 7.71. The number of anilines is 2. The average Bonchev–Trinajstić information content (AvgIpc) is 2.52. The Morgan fingerprint density at radius 2 is 2.05 bits per heavy atom. The third-order valence-corrected chi connectivity index (χ3v) is 3.70. The Bertz CT molecular complexity index is 648. The van der Waals surface area contributed by atoms with E-state index in [1.54, 1.807) is 31.7 Å². The number of hydrogen-bond acceptors (Lipinski definition) is 6. The molecular formula is C14H18N6O. The molecule has 1 N–H and O–H groups in total. The molecule has 3 rings (SSSR count). The van der Waals surface area contributed by atoms with E-state index >= 15 is 0 Å². The van der Waals surface area contributed by atoms with Gasteiger partial charge in [0.25, 0.3) is 5.56 Å². The SMILES string of the molecule is Cn1nc(N2CCC(Nc3ccncn3)CC2)ccc1=O. The predicted molar refractivity (Wildman–Crippen MR) is 80.4 cm³/mol. The molecule has 1 saturated heterocycles. The highest BCUT2D eigenvalue weighted by Gasteiger charge is 2.20. The minimum absolute atomic E-state index is 0.0842. The minimum Gasteiger partial charge on any atom is -0.367 e. The predicted octanol–water partition coefficient (Wildman–Crippen LogP) is 0.651. The van der Waals surface area contributed by atoms with Crippen LogP contribution in [0.15, 0.2) is 35.5 Å². The van der Waals surface area contributed by atoms with Crippen LogP contribution in [-0.2, 0) is 7.05 Å². The molecule has 1 fully saturated rings. The Morgan fingerprint density at radius 3 is 2.71 bits per heavy atom. The Labute approximate surface area is 122 Å². The number of piperidine rings is 1. The molecule has 0 unspecified atom stereocenters. The van der Waals surface area contributed by atoms with E-state index in [9.17, 15) is 4.79 Å². The normalized spacial score (nSPS) is 16.0. The van der Waals surface area contributed by atoms with Crippen molar-refractivity contribution in [3.05, 3.63) is 41.1 Å². The van der Waals surface area contributed by atoms with Gasteiger partial charge in [-0.15, -0.1) is 0 Å². The van der Waals surface area contributed by atoms with Crippen molar-refractivity contribution in [1.29, 1.82) is 0 Å². The molecule has 0 amide bonds. The second kappa shape index (κ2) is 5.90. The lowest BCUT2D eigenvalue weighted by molar-refractivity contribution is 0.517. The zero-order valence-electron chi connectivity index (χ0n) is 11.9. The van der Waals surface area contributed by atoms with Crippen molar-refractivity contribution in [2.75, 3.05) is 23.3 Å². The molecule has 2 aromatic heterocycles. The number of rotatable bonds is 3. The van der Waals surface area contributed by atoms with Crippen LogP contribution < -0.4 is 15.8 Å². The van der Waals surface area contributed by atoms with Crippen LogP contribution in [0.25, 0.3) is 0 Å². The van der Waals surface area contributed by atoms with E-state index in [2.05, 4.69) is 25.3 Å². The highest BCUT2D eigenvalue weighted by molar-refractivity contribution is 5.39. The number of aryl methyl sites for hydroxylation is 1. The van der Waals surface area contributed by atoms with Crippen molar-refractivity contribution in [3.63, 3.8) is 0 Å². The van der Waals surface area contributed by atoms with Gasteiger partial charge < -0.3 is 10.2 Å². The molecular weight excluding hydrogens is 268 g/mol. The van der Waals surface area contributed by atoms with Gasteiger partial charge in [-0.1, -0.05) is 0 Å². The van der Waals surface area contributed by atoms with Gasteiger partial charge in [0.2, 0.25) is 0 Å². The summed E-state index contributed by atoms with van der Waals surface area (Å²) in [4.78, 5) is 21.7.